The molecule has 2 rings (SSSR count). The van der Waals surface area contributed by atoms with E-state index >= 15 is 0 Å². The van der Waals surface area contributed by atoms with E-state index in [4.69, 9.17) is 5.11 Å². The Labute approximate surface area is 125 Å². The minimum atomic E-state index is -3.69. The molecule has 1 aromatic rings. The number of benzene rings is 1. The summed E-state index contributed by atoms with van der Waals surface area (Å²) in [5.41, 5.74) is -0.0109. The maximum Gasteiger partial charge on any atom is 0.240 e. The predicted molar refractivity (Wildman–Crippen MR) is 78.7 cm³/mol. The van der Waals surface area contributed by atoms with Crippen LogP contribution in [-0.2, 0) is 16.6 Å². The number of sulfonamides is 1. The molecular weight excluding hydrogens is 293 g/mol. The van der Waals surface area contributed by atoms with Crippen LogP contribution in [0.2, 0.25) is 0 Å². The highest BCUT2D eigenvalue weighted by Gasteiger charge is 2.25. The molecule has 0 radical (unpaired) electrons. The van der Waals surface area contributed by atoms with E-state index in [1.165, 1.54) is 18.6 Å². The fraction of sp³-hybridized carbons (Fsp3) is 0.600. The predicted octanol–water partition coefficient (Wildman–Crippen LogP) is 2.57. The van der Waals surface area contributed by atoms with Crippen molar-refractivity contribution in [1.82, 2.24) is 4.72 Å². The number of hydrogen-bond acceptors (Lipinski definition) is 3. The second kappa shape index (κ2) is 6.85. The van der Waals surface area contributed by atoms with Crippen LogP contribution < -0.4 is 4.72 Å². The average Bonchev–Trinajstić information content (AvgIpc) is 2.48. The monoisotopic (exact) mass is 315 g/mol. The second-order valence-electron chi connectivity index (χ2n) is 5.72. The Bertz CT molecular complexity index is 583. The Morgan fingerprint density at radius 2 is 2.00 bits per heavy atom. The van der Waals surface area contributed by atoms with Gasteiger partial charge in [0, 0.05) is 11.6 Å². The Balaban J connectivity index is 2.14. The van der Waals surface area contributed by atoms with E-state index in [-0.39, 0.29) is 16.5 Å². The molecule has 0 bridgehead atoms. The van der Waals surface area contributed by atoms with Crippen LogP contribution in [0.4, 0.5) is 4.39 Å². The lowest BCUT2D eigenvalue weighted by Gasteiger charge is -2.28. The third kappa shape index (κ3) is 4.02. The summed E-state index contributed by atoms with van der Waals surface area (Å²) in [7, 11) is -3.69. The van der Waals surface area contributed by atoms with Gasteiger partial charge in [-0.25, -0.2) is 17.5 Å². The lowest BCUT2D eigenvalue weighted by molar-refractivity contribution is 0.275. The molecule has 0 saturated heterocycles. The van der Waals surface area contributed by atoms with E-state index in [9.17, 15) is 12.8 Å². The van der Waals surface area contributed by atoms with E-state index in [0.717, 1.165) is 31.7 Å². The van der Waals surface area contributed by atoms with Gasteiger partial charge in [0.05, 0.1) is 11.5 Å². The van der Waals surface area contributed by atoms with Crippen LogP contribution in [0.15, 0.2) is 23.1 Å². The van der Waals surface area contributed by atoms with Crippen molar-refractivity contribution in [3.63, 3.8) is 0 Å². The molecular formula is C15H22FNO3S. The molecule has 2 N–H and O–H groups in total. The highest BCUT2D eigenvalue weighted by atomic mass is 32.2. The first-order valence-corrected chi connectivity index (χ1v) is 8.84. The van der Waals surface area contributed by atoms with Gasteiger partial charge in [-0.05, 0) is 43.9 Å². The van der Waals surface area contributed by atoms with Gasteiger partial charge in [0.15, 0.2) is 0 Å². The first-order valence-electron chi connectivity index (χ1n) is 7.35. The lowest BCUT2D eigenvalue weighted by atomic mass is 9.85. The molecule has 1 aromatic carbocycles. The summed E-state index contributed by atoms with van der Waals surface area (Å²) in [5, 5.41) is 9.04. The average molecular weight is 315 g/mol. The molecule has 4 nitrogen and oxygen atoms in total. The Morgan fingerprint density at radius 3 is 2.62 bits per heavy atom. The number of halogens is 1. The third-order valence-electron chi connectivity index (χ3n) is 4.20. The number of nitrogens with one attached hydrogen (secondary N) is 1. The SMILES string of the molecule is CC(NS(=O)(=O)c1ccc(F)c(CO)c1)C1CCCCC1. The van der Waals surface area contributed by atoms with Crippen LogP contribution in [0.25, 0.3) is 0 Å². The van der Waals surface area contributed by atoms with Crippen molar-refractivity contribution in [2.24, 2.45) is 5.92 Å². The first-order chi connectivity index (χ1) is 9.94. The summed E-state index contributed by atoms with van der Waals surface area (Å²) in [6, 6.07) is 3.35. The largest absolute Gasteiger partial charge is 0.392 e. The molecule has 1 saturated carbocycles. The number of hydrogen-bond donors (Lipinski definition) is 2. The third-order valence-corrected chi connectivity index (χ3v) is 5.75. The van der Waals surface area contributed by atoms with E-state index in [2.05, 4.69) is 4.72 Å². The number of aliphatic hydroxyl groups excluding tert-OH is 1. The minimum absolute atomic E-state index is 0.00407. The fourth-order valence-corrected chi connectivity index (χ4v) is 4.25. The quantitative estimate of drug-likeness (QED) is 0.877. The van der Waals surface area contributed by atoms with Gasteiger partial charge in [-0.15, -0.1) is 0 Å². The van der Waals surface area contributed by atoms with Crippen LogP contribution in [-0.4, -0.2) is 19.6 Å². The van der Waals surface area contributed by atoms with Crippen LogP contribution in [0, 0.1) is 11.7 Å². The zero-order valence-corrected chi connectivity index (χ0v) is 13.0. The normalized spacial score (nSPS) is 18.6. The van der Waals surface area contributed by atoms with Gasteiger partial charge in [0.2, 0.25) is 10.0 Å². The zero-order valence-electron chi connectivity index (χ0n) is 12.2. The smallest absolute Gasteiger partial charge is 0.240 e. The van der Waals surface area contributed by atoms with Gasteiger partial charge in [-0.1, -0.05) is 19.3 Å². The molecule has 118 valence electrons. The van der Waals surface area contributed by atoms with Crippen molar-refractivity contribution in [2.45, 2.75) is 56.6 Å². The summed E-state index contributed by atoms with van der Waals surface area (Å²) < 4.78 is 40.7. The van der Waals surface area contributed by atoms with E-state index in [0.29, 0.717) is 5.92 Å². The summed E-state index contributed by atoms with van der Waals surface area (Å²) in [6.45, 7) is 1.36. The zero-order chi connectivity index (χ0) is 15.5. The van der Waals surface area contributed by atoms with E-state index < -0.39 is 22.4 Å². The fourth-order valence-electron chi connectivity index (χ4n) is 2.88. The number of rotatable bonds is 5. The Kier molecular flexibility index (Phi) is 5.35. The van der Waals surface area contributed by atoms with Crippen molar-refractivity contribution in [3.05, 3.63) is 29.6 Å². The summed E-state index contributed by atoms with van der Waals surface area (Å²) in [6.07, 6.45) is 5.57. The highest BCUT2D eigenvalue weighted by Crippen LogP contribution is 2.27. The Hall–Kier alpha value is -0.980. The molecule has 6 heteroatoms. The van der Waals surface area contributed by atoms with Gasteiger partial charge in [0.25, 0.3) is 0 Å². The molecule has 0 heterocycles. The van der Waals surface area contributed by atoms with Crippen LogP contribution >= 0.6 is 0 Å². The maximum atomic E-state index is 13.3. The molecule has 0 aromatic heterocycles. The van der Waals surface area contributed by atoms with E-state index in [1.807, 2.05) is 6.92 Å². The second-order valence-corrected chi connectivity index (χ2v) is 7.43. The van der Waals surface area contributed by atoms with Crippen LogP contribution in [0.5, 0.6) is 0 Å². The summed E-state index contributed by atoms with van der Waals surface area (Å²) >= 11 is 0. The van der Waals surface area contributed by atoms with Crippen molar-refractivity contribution in [3.8, 4) is 0 Å². The first kappa shape index (κ1) is 16.4. The molecule has 1 atom stereocenters. The van der Waals surface area contributed by atoms with Crippen LogP contribution in [0.1, 0.15) is 44.6 Å². The molecule has 1 fully saturated rings. The van der Waals surface area contributed by atoms with E-state index in [1.54, 1.807) is 0 Å². The molecule has 0 amide bonds. The molecule has 1 aliphatic carbocycles. The van der Waals surface area contributed by atoms with Gasteiger partial charge >= 0.3 is 0 Å². The van der Waals surface area contributed by atoms with Crippen molar-refractivity contribution < 1.29 is 17.9 Å². The minimum Gasteiger partial charge on any atom is -0.392 e. The maximum absolute atomic E-state index is 13.3. The van der Waals surface area contributed by atoms with Gasteiger partial charge in [-0.2, -0.15) is 0 Å². The standard InChI is InChI=1S/C15H22FNO3S/c1-11(12-5-3-2-4-6-12)17-21(19,20)14-7-8-15(16)13(9-14)10-18/h7-9,11-12,17-18H,2-6,10H2,1H3. The molecule has 0 aliphatic heterocycles. The molecule has 21 heavy (non-hydrogen) atoms. The number of aliphatic hydroxyl groups is 1. The van der Waals surface area contributed by atoms with Crippen molar-refractivity contribution >= 4 is 10.0 Å². The lowest BCUT2D eigenvalue weighted by Crippen LogP contribution is -2.38. The van der Waals surface area contributed by atoms with Gasteiger partial charge < -0.3 is 5.11 Å². The molecule has 1 unspecified atom stereocenters. The van der Waals surface area contributed by atoms with Crippen molar-refractivity contribution in [2.75, 3.05) is 0 Å². The molecule has 1 aliphatic rings. The summed E-state index contributed by atoms with van der Waals surface area (Å²) in [5.74, 6) is -0.247. The Morgan fingerprint density at radius 1 is 1.33 bits per heavy atom. The van der Waals surface area contributed by atoms with Gasteiger partial charge in [-0.3, -0.25) is 0 Å². The summed E-state index contributed by atoms with van der Waals surface area (Å²) in [4.78, 5) is -0.00407. The topological polar surface area (TPSA) is 66.4 Å². The highest BCUT2D eigenvalue weighted by molar-refractivity contribution is 7.89. The van der Waals surface area contributed by atoms with Crippen LogP contribution in [0.3, 0.4) is 0 Å². The van der Waals surface area contributed by atoms with Crippen molar-refractivity contribution in [1.29, 1.82) is 0 Å². The van der Waals surface area contributed by atoms with Gasteiger partial charge in [0.1, 0.15) is 5.82 Å². The molecule has 0 spiro atoms.